The minimum Gasteiger partial charge on any atom is -0.466 e. The molecule has 29 heavy (non-hydrogen) atoms. The van der Waals surface area contributed by atoms with Gasteiger partial charge in [-0.2, -0.15) is 0 Å². The Hall–Kier alpha value is -2.87. The van der Waals surface area contributed by atoms with E-state index in [1.165, 1.54) is 18.1 Å². The Bertz CT molecular complexity index is 1140. The van der Waals surface area contributed by atoms with E-state index in [1.54, 1.807) is 0 Å². The maximum Gasteiger partial charge on any atom is 0.309 e. The number of benzene rings is 1. The SMILES string of the molecule is CCOC(=O)C1CCc2[nH]c3ncnc(Nc4ccc5c(c4)SC(=O)C5)c3c2C1. The number of carbonyl (C=O) groups is 2. The van der Waals surface area contributed by atoms with Gasteiger partial charge in [0.25, 0.3) is 0 Å². The highest BCUT2D eigenvalue weighted by molar-refractivity contribution is 8.14. The van der Waals surface area contributed by atoms with Gasteiger partial charge in [-0.05, 0) is 49.4 Å². The van der Waals surface area contributed by atoms with Crippen LogP contribution in [0.4, 0.5) is 11.5 Å². The van der Waals surface area contributed by atoms with Crippen molar-refractivity contribution >= 4 is 45.4 Å². The molecule has 7 nitrogen and oxygen atoms in total. The van der Waals surface area contributed by atoms with Crippen molar-refractivity contribution < 1.29 is 14.3 Å². The van der Waals surface area contributed by atoms with Crippen LogP contribution in [0.2, 0.25) is 0 Å². The van der Waals surface area contributed by atoms with Crippen LogP contribution in [-0.4, -0.2) is 32.6 Å². The van der Waals surface area contributed by atoms with Crippen LogP contribution in [0.25, 0.3) is 11.0 Å². The molecule has 2 N–H and O–H groups in total. The average molecular weight is 408 g/mol. The molecule has 5 rings (SSSR count). The minimum atomic E-state index is -0.142. The van der Waals surface area contributed by atoms with Crippen molar-refractivity contribution in [2.75, 3.05) is 11.9 Å². The lowest BCUT2D eigenvalue weighted by Gasteiger charge is -2.21. The average Bonchev–Trinajstić information content (AvgIpc) is 3.27. The summed E-state index contributed by atoms with van der Waals surface area (Å²) in [7, 11) is 0. The molecular formula is C21H20N4O3S. The first kappa shape index (κ1) is 18.2. The van der Waals surface area contributed by atoms with Gasteiger partial charge in [0.2, 0.25) is 0 Å². The van der Waals surface area contributed by atoms with Gasteiger partial charge < -0.3 is 15.0 Å². The number of aromatic nitrogens is 3. The lowest BCUT2D eigenvalue weighted by molar-refractivity contribution is -0.148. The number of hydrogen-bond donors (Lipinski definition) is 2. The van der Waals surface area contributed by atoms with Crippen LogP contribution in [-0.2, 0) is 33.6 Å². The Balaban J connectivity index is 1.50. The quantitative estimate of drug-likeness (QED) is 0.637. The van der Waals surface area contributed by atoms with E-state index in [4.69, 9.17) is 4.74 Å². The van der Waals surface area contributed by atoms with Gasteiger partial charge in [-0.15, -0.1) is 0 Å². The predicted octanol–water partition coefficient (Wildman–Crippen LogP) is 3.54. The third-order valence-electron chi connectivity index (χ3n) is 5.48. The van der Waals surface area contributed by atoms with Crippen molar-refractivity contribution in [2.24, 2.45) is 5.92 Å². The standard InChI is InChI=1S/C21H20N4O3S/c1-2-28-21(27)12-4-6-15-14(7-12)18-19(22-10-23-20(18)25-15)24-13-5-3-11-8-17(26)29-16(11)9-13/h3,5,9-10,12H,2,4,6-8H2,1H3,(H2,22,23,24,25). The van der Waals surface area contributed by atoms with Crippen LogP contribution >= 0.6 is 11.8 Å². The molecule has 0 saturated carbocycles. The highest BCUT2D eigenvalue weighted by Crippen LogP contribution is 2.38. The maximum absolute atomic E-state index is 12.3. The van der Waals surface area contributed by atoms with Gasteiger partial charge in [-0.3, -0.25) is 9.59 Å². The number of hydrogen-bond acceptors (Lipinski definition) is 7. The summed E-state index contributed by atoms with van der Waals surface area (Å²) in [5, 5.41) is 4.47. The number of rotatable bonds is 4. The van der Waals surface area contributed by atoms with Crippen molar-refractivity contribution in [3.8, 4) is 0 Å². The van der Waals surface area contributed by atoms with Crippen LogP contribution in [0.5, 0.6) is 0 Å². The third kappa shape index (κ3) is 3.27. The normalized spacial score (nSPS) is 17.8. The summed E-state index contributed by atoms with van der Waals surface area (Å²) in [6, 6.07) is 5.93. The summed E-state index contributed by atoms with van der Waals surface area (Å²) in [5.74, 6) is 0.419. The monoisotopic (exact) mass is 408 g/mol. The Morgan fingerprint density at radius 1 is 1.38 bits per heavy atom. The zero-order valence-electron chi connectivity index (χ0n) is 15.9. The number of aryl methyl sites for hydroxylation is 1. The molecule has 8 heteroatoms. The maximum atomic E-state index is 12.3. The van der Waals surface area contributed by atoms with Crippen molar-refractivity contribution in [2.45, 2.75) is 37.5 Å². The molecule has 1 aliphatic carbocycles. The Morgan fingerprint density at radius 2 is 2.28 bits per heavy atom. The molecule has 1 unspecified atom stereocenters. The predicted molar refractivity (Wildman–Crippen MR) is 110 cm³/mol. The molecule has 0 saturated heterocycles. The van der Waals surface area contributed by atoms with E-state index in [9.17, 15) is 9.59 Å². The molecule has 2 aromatic heterocycles. The van der Waals surface area contributed by atoms with E-state index in [0.717, 1.165) is 51.3 Å². The molecule has 2 aliphatic rings. The Morgan fingerprint density at radius 3 is 3.14 bits per heavy atom. The molecule has 3 aromatic rings. The zero-order valence-corrected chi connectivity index (χ0v) is 16.8. The molecule has 0 radical (unpaired) electrons. The fraction of sp³-hybridized carbons (Fsp3) is 0.333. The highest BCUT2D eigenvalue weighted by atomic mass is 32.2. The first-order chi connectivity index (χ1) is 14.1. The van der Waals surface area contributed by atoms with Crippen LogP contribution in [0.3, 0.4) is 0 Å². The number of fused-ring (bicyclic) bond motifs is 4. The number of H-pyrrole nitrogens is 1. The summed E-state index contributed by atoms with van der Waals surface area (Å²) >= 11 is 1.28. The van der Waals surface area contributed by atoms with Crippen molar-refractivity contribution in [1.29, 1.82) is 0 Å². The molecule has 0 fully saturated rings. The number of anilines is 2. The second-order valence-electron chi connectivity index (χ2n) is 7.32. The number of ether oxygens (including phenoxy) is 1. The molecule has 0 bridgehead atoms. The van der Waals surface area contributed by atoms with Gasteiger partial charge in [-0.1, -0.05) is 17.8 Å². The Kier molecular flexibility index (Phi) is 4.50. The van der Waals surface area contributed by atoms with E-state index in [-0.39, 0.29) is 17.0 Å². The number of carbonyl (C=O) groups excluding carboxylic acids is 2. The fourth-order valence-corrected chi connectivity index (χ4v) is 5.05. The second kappa shape index (κ2) is 7.18. The molecule has 1 atom stereocenters. The number of nitrogens with one attached hydrogen (secondary N) is 2. The van der Waals surface area contributed by atoms with E-state index in [2.05, 4.69) is 20.3 Å². The van der Waals surface area contributed by atoms with E-state index >= 15 is 0 Å². The van der Waals surface area contributed by atoms with Crippen LogP contribution < -0.4 is 5.32 Å². The zero-order chi connectivity index (χ0) is 20.0. The van der Waals surface area contributed by atoms with Crippen molar-refractivity contribution in [3.05, 3.63) is 41.3 Å². The molecule has 1 aliphatic heterocycles. The van der Waals surface area contributed by atoms with Crippen LogP contribution in [0, 0.1) is 5.92 Å². The summed E-state index contributed by atoms with van der Waals surface area (Å²) in [6.45, 7) is 2.22. The lowest BCUT2D eigenvalue weighted by Crippen LogP contribution is -2.24. The van der Waals surface area contributed by atoms with Crippen LogP contribution in [0.1, 0.15) is 30.2 Å². The number of aromatic amines is 1. The van der Waals surface area contributed by atoms with E-state index in [1.807, 2.05) is 25.1 Å². The Labute approximate surface area is 171 Å². The molecule has 148 valence electrons. The van der Waals surface area contributed by atoms with Gasteiger partial charge in [0.15, 0.2) is 5.12 Å². The molecule has 1 aromatic carbocycles. The summed E-state index contributed by atoms with van der Waals surface area (Å²) in [5.41, 5.74) is 4.90. The molecule has 0 spiro atoms. The van der Waals surface area contributed by atoms with E-state index in [0.29, 0.717) is 25.3 Å². The minimum absolute atomic E-state index is 0.140. The molecular weight excluding hydrogens is 388 g/mol. The third-order valence-corrected chi connectivity index (χ3v) is 6.46. The largest absolute Gasteiger partial charge is 0.466 e. The number of esters is 1. The summed E-state index contributed by atoms with van der Waals surface area (Å²) in [6.07, 6.45) is 4.18. The topological polar surface area (TPSA) is 97.0 Å². The summed E-state index contributed by atoms with van der Waals surface area (Å²) < 4.78 is 5.24. The number of nitrogens with zero attached hydrogens (tertiary/aromatic N) is 2. The molecule has 3 heterocycles. The highest BCUT2D eigenvalue weighted by Gasteiger charge is 2.30. The number of thioether (sulfide) groups is 1. The lowest BCUT2D eigenvalue weighted by atomic mass is 9.86. The second-order valence-corrected chi connectivity index (χ2v) is 8.42. The first-order valence-corrected chi connectivity index (χ1v) is 10.6. The van der Waals surface area contributed by atoms with Gasteiger partial charge in [0, 0.05) is 22.7 Å². The first-order valence-electron chi connectivity index (χ1n) is 9.74. The van der Waals surface area contributed by atoms with Gasteiger partial charge >= 0.3 is 5.97 Å². The van der Waals surface area contributed by atoms with Gasteiger partial charge in [-0.25, -0.2) is 9.97 Å². The van der Waals surface area contributed by atoms with Crippen molar-refractivity contribution in [3.63, 3.8) is 0 Å². The smallest absolute Gasteiger partial charge is 0.309 e. The summed E-state index contributed by atoms with van der Waals surface area (Å²) in [4.78, 5) is 37.2. The molecule has 0 amide bonds. The van der Waals surface area contributed by atoms with Crippen molar-refractivity contribution in [1.82, 2.24) is 15.0 Å². The van der Waals surface area contributed by atoms with Crippen LogP contribution in [0.15, 0.2) is 29.4 Å². The van der Waals surface area contributed by atoms with Gasteiger partial charge in [0.1, 0.15) is 17.8 Å². The van der Waals surface area contributed by atoms with E-state index < -0.39 is 0 Å². The fourth-order valence-electron chi connectivity index (χ4n) is 4.12. The van der Waals surface area contributed by atoms with Gasteiger partial charge in [0.05, 0.1) is 17.9 Å².